The second kappa shape index (κ2) is 4.75. The molecule has 19 heavy (non-hydrogen) atoms. The van der Waals surface area contributed by atoms with Crippen molar-refractivity contribution in [3.63, 3.8) is 0 Å². The molecule has 0 saturated heterocycles. The van der Waals surface area contributed by atoms with E-state index in [0.29, 0.717) is 10.7 Å². The number of rotatable bonds is 2. The molecule has 0 fully saturated rings. The number of fused-ring (bicyclic) bond motifs is 1. The zero-order chi connectivity index (χ0) is 13.4. The Morgan fingerprint density at radius 1 is 1.47 bits per heavy atom. The topological polar surface area (TPSA) is 59.3 Å². The fourth-order valence-electron chi connectivity index (χ4n) is 1.67. The average Bonchev–Trinajstić information content (AvgIpc) is 2.94. The van der Waals surface area contributed by atoms with E-state index < -0.39 is 0 Å². The molecule has 7 heteroatoms. The number of aryl methyl sites for hydroxylation is 1. The van der Waals surface area contributed by atoms with Crippen LogP contribution in [0.25, 0.3) is 4.96 Å². The number of halogens is 1. The maximum atomic E-state index is 12.1. The van der Waals surface area contributed by atoms with Gasteiger partial charge < -0.3 is 5.32 Å². The highest BCUT2D eigenvalue weighted by Crippen LogP contribution is 2.20. The van der Waals surface area contributed by atoms with E-state index in [4.69, 9.17) is 0 Å². The van der Waals surface area contributed by atoms with Gasteiger partial charge in [0.1, 0.15) is 11.2 Å². The van der Waals surface area contributed by atoms with Gasteiger partial charge in [0.25, 0.3) is 5.91 Å². The summed E-state index contributed by atoms with van der Waals surface area (Å²) in [6.07, 6.45) is 1.62. The lowest BCUT2D eigenvalue weighted by atomic mass is 10.2. The van der Waals surface area contributed by atoms with E-state index in [1.54, 1.807) is 16.2 Å². The highest BCUT2D eigenvalue weighted by Gasteiger charge is 2.12. The standard InChI is InChI=1S/C12H9BrN4OS/c1-7-4-8(2-3-9(7)13)15-11(18)10-5-17-12(16-10)19-6-14-17/h2-6H,1H3,(H,15,18). The molecule has 0 radical (unpaired) electrons. The first-order valence-corrected chi connectivity index (χ1v) is 7.17. The maximum Gasteiger partial charge on any atom is 0.275 e. The first kappa shape index (κ1) is 12.3. The van der Waals surface area contributed by atoms with Crippen LogP contribution in [0.5, 0.6) is 0 Å². The summed E-state index contributed by atoms with van der Waals surface area (Å²) in [7, 11) is 0. The zero-order valence-electron chi connectivity index (χ0n) is 9.92. The molecule has 0 spiro atoms. The monoisotopic (exact) mass is 336 g/mol. The Balaban J connectivity index is 1.84. The molecule has 2 aromatic heterocycles. The van der Waals surface area contributed by atoms with Gasteiger partial charge in [-0.15, -0.1) is 0 Å². The van der Waals surface area contributed by atoms with Crippen LogP contribution in [0.1, 0.15) is 16.1 Å². The van der Waals surface area contributed by atoms with Gasteiger partial charge >= 0.3 is 0 Å². The molecule has 0 unspecified atom stereocenters. The molecule has 0 aliphatic carbocycles. The van der Waals surface area contributed by atoms with Crippen LogP contribution in [-0.4, -0.2) is 20.5 Å². The smallest absolute Gasteiger partial charge is 0.275 e. The number of carbonyl (C=O) groups excluding carboxylic acids is 1. The van der Waals surface area contributed by atoms with Gasteiger partial charge in [0, 0.05) is 10.2 Å². The SMILES string of the molecule is Cc1cc(NC(=O)c2cn3ncsc3n2)ccc1Br. The average molecular weight is 337 g/mol. The van der Waals surface area contributed by atoms with Crippen LogP contribution in [0.4, 0.5) is 5.69 Å². The van der Waals surface area contributed by atoms with Crippen LogP contribution in [0.15, 0.2) is 34.4 Å². The summed E-state index contributed by atoms with van der Waals surface area (Å²) < 4.78 is 2.60. The van der Waals surface area contributed by atoms with Gasteiger partial charge in [-0.05, 0) is 30.7 Å². The predicted molar refractivity (Wildman–Crippen MR) is 77.7 cm³/mol. The van der Waals surface area contributed by atoms with Gasteiger partial charge in [-0.2, -0.15) is 5.10 Å². The predicted octanol–water partition coefficient (Wildman–Crippen LogP) is 3.11. The fourth-order valence-corrected chi connectivity index (χ4v) is 2.51. The quantitative estimate of drug-likeness (QED) is 0.782. The second-order valence-corrected chi connectivity index (χ2v) is 5.68. The van der Waals surface area contributed by atoms with Crippen LogP contribution in [-0.2, 0) is 0 Å². The summed E-state index contributed by atoms with van der Waals surface area (Å²) in [6, 6.07) is 5.64. The summed E-state index contributed by atoms with van der Waals surface area (Å²) in [4.78, 5) is 17.0. The number of hydrogen-bond acceptors (Lipinski definition) is 4. The molecule has 0 atom stereocenters. The molecule has 2 heterocycles. The number of carbonyl (C=O) groups is 1. The molecule has 3 rings (SSSR count). The molecule has 96 valence electrons. The van der Waals surface area contributed by atoms with Crippen molar-refractivity contribution in [1.29, 1.82) is 0 Å². The Bertz CT molecular complexity index is 736. The van der Waals surface area contributed by atoms with E-state index in [9.17, 15) is 4.79 Å². The normalized spacial score (nSPS) is 10.8. The van der Waals surface area contributed by atoms with E-state index in [-0.39, 0.29) is 5.91 Å². The van der Waals surface area contributed by atoms with Gasteiger partial charge in [0.15, 0.2) is 0 Å². The lowest BCUT2D eigenvalue weighted by molar-refractivity contribution is 0.102. The Kier molecular flexibility index (Phi) is 3.08. The minimum absolute atomic E-state index is 0.237. The number of hydrogen-bond donors (Lipinski definition) is 1. The highest BCUT2D eigenvalue weighted by molar-refractivity contribution is 9.10. The van der Waals surface area contributed by atoms with Crippen molar-refractivity contribution < 1.29 is 4.79 Å². The van der Waals surface area contributed by atoms with Crippen LogP contribution >= 0.6 is 27.3 Å². The Labute approximate surface area is 121 Å². The molecule has 3 aromatic rings. The second-order valence-electron chi connectivity index (χ2n) is 4.01. The third-order valence-electron chi connectivity index (χ3n) is 2.63. The van der Waals surface area contributed by atoms with Crippen molar-refractivity contribution >= 4 is 43.8 Å². The summed E-state index contributed by atoms with van der Waals surface area (Å²) in [5, 5.41) is 6.86. The van der Waals surface area contributed by atoms with Gasteiger partial charge in [-0.25, -0.2) is 9.50 Å². The molecule has 5 nitrogen and oxygen atoms in total. The van der Waals surface area contributed by atoms with Crippen LogP contribution in [0, 0.1) is 6.92 Å². The van der Waals surface area contributed by atoms with E-state index in [0.717, 1.165) is 15.7 Å². The molecule has 1 amide bonds. The maximum absolute atomic E-state index is 12.1. The van der Waals surface area contributed by atoms with Crippen molar-refractivity contribution in [3.8, 4) is 0 Å². The minimum atomic E-state index is -0.237. The van der Waals surface area contributed by atoms with Gasteiger partial charge in [0.2, 0.25) is 4.96 Å². The summed E-state index contributed by atoms with van der Waals surface area (Å²) in [6.45, 7) is 1.97. The lowest BCUT2D eigenvalue weighted by Gasteiger charge is -2.05. The van der Waals surface area contributed by atoms with Gasteiger partial charge in [-0.3, -0.25) is 4.79 Å². The van der Waals surface area contributed by atoms with Crippen molar-refractivity contribution in [2.45, 2.75) is 6.92 Å². The fraction of sp³-hybridized carbons (Fsp3) is 0.0833. The molecular formula is C12H9BrN4OS. The largest absolute Gasteiger partial charge is 0.321 e. The number of amides is 1. The van der Waals surface area contributed by atoms with Crippen molar-refractivity contribution in [2.24, 2.45) is 0 Å². The number of aromatic nitrogens is 3. The number of nitrogens with one attached hydrogen (secondary N) is 1. The summed E-state index contributed by atoms with van der Waals surface area (Å²) in [5.74, 6) is -0.237. The molecule has 0 bridgehead atoms. The Hall–Kier alpha value is -1.73. The number of anilines is 1. The summed E-state index contributed by atoms with van der Waals surface area (Å²) in [5.41, 5.74) is 3.85. The first-order chi connectivity index (χ1) is 9.13. The van der Waals surface area contributed by atoms with Crippen LogP contribution in [0.3, 0.4) is 0 Å². The third kappa shape index (κ3) is 2.39. The van der Waals surface area contributed by atoms with Crippen molar-refractivity contribution in [2.75, 3.05) is 5.32 Å². The lowest BCUT2D eigenvalue weighted by Crippen LogP contribution is -2.12. The number of benzene rings is 1. The van der Waals surface area contributed by atoms with Gasteiger partial charge in [0.05, 0.1) is 6.20 Å². The molecule has 0 aliphatic rings. The highest BCUT2D eigenvalue weighted by atomic mass is 79.9. The van der Waals surface area contributed by atoms with Crippen molar-refractivity contribution in [1.82, 2.24) is 14.6 Å². The molecular weight excluding hydrogens is 328 g/mol. The Morgan fingerprint density at radius 3 is 3.05 bits per heavy atom. The van der Waals surface area contributed by atoms with Crippen LogP contribution in [0.2, 0.25) is 0 Å². The van der Waals surface area contributed by atoms with Crippen LogP contribution < -0.4 is 5.32 Å². The number of nitrogens with zero attached hydrogens (tertiary/aromatic N) is 3. The number of imidazole rings is 1. The Morgan fingerprint density at radius 2 is 2.32 bits per heavy atom. The minimum Gasteiger partial charge on any atom is -0.321 e. The first-order valence-electron chi connectivity index (χ1n) is 5.50. The van der Waals surface area contributed by atoms with E-state index in [2.05, 4.69) is 31.3 Å². The van der Waals surface area contributed by atoms with Crippen molar-refractivity contribution in [3.05, 3.63) is 45.6 Å². The molecule has 0 saturated carbocycles. The molecule has 0 aliphatic heterocycles. The molecule has 1 N–H and O–H groups in total. The van der Waals surface area contributed by atoms with E-state index in [1.807, 2.05) is 25.1 Å². The zero-order valence-corrected chi connectivity index (χ0v) is 12.3. The van der Waals surface area contributed by atoms with E-state index >= 15 is 0 Å². The third-order valence-corrected chi connectivity index (χ3v) is 4.21. The van der Waals surface area contributed by atoms with Gasteiger partial charge in [-0.1, -0.05) is 27.3 Å². The van der Waals surface area contributed by atoms with E-state index in [1.165, 1.54) is 11.3 Å². The summed E-state index contributed by atoms with van der Waals surface area (Å²) >= 11 is 4.81. The molecule has 1 aromatic carbocycles.